The number of carbonyl (C=O) groups excluding carboxylic acids is 1. The van der Waals surface area contributed by atoms with Crippen molar-refractivity contribution in [3.63, 3.8) is 0 Å². The van der Waals surface area contributed by atoms with E-state index < -0.39 is 0 Å². The normalized spacial score (nSPS) is 25.2. The Kier molecular flexibility index (Phi) is 3.63. The summed E-state index contributed by atoms with van der Waals surface area (Å²) in [7, 11) is 0. The number of nitrogens with zero attached hydrogens (tertiary/aromatic N) is 1. The molecular formula is C15H20N2O3. The molecular weight excluding hydrogens is 256 g/mol. The summed E-state index contributed by atoms with van der Waals surface area (Å²) in [6.45, 7) is 3.67. The lowest BCUT2D eigenvalue weighted by atomic mass is 10.1. The third-order valence-corrected chi connectivity index (χ3v) is 3.79. The molecule has 2 N–H and O–H groups in total. The maximum absolute atomic E-state index is 12.6. The summed E-state index contributed by atoms with van der Waals surface area (Å²) in [6, 6.07) is 5.77. The first-order chi connectivity index (χ1) is 9.69. The van der Waals surface area contributed by atoms with Gasteiger partial charge < -0.3 is 20.1 Å². The Hall–Kier alpha value is -1.59. The van der Waals surface area contributed by atoms with E-state index in [4.69, 9.17) is 15.2 Å². The van der Waals surface area contributed by atoms with Crippen LogP contribution in [0, 0.1) is 0 Å². The number of anilines is 1. The quantitative estimate of drug-likeness (QED) is 0.887. The number of hydrogen-bond acceptors (Lipinski definition) is 4. The number of amides is 1. The molecule has 1 aromatic carbocycles. The molecule has 0 aliphatic carbocycles. The highest BCUT2D eigenvalue weighted by Gasteiger charge is 2.34. The lowest BCUT2D eigenvalue weighted by Gasteiger charge is -2.34. The van der Waals surface area contributed by atoms with Crippen LogP contribution in [0.1, 0.15) is 25.3 Å². The van der Waals surface area contributed by atoms with Crippen LogP contribution in [0.5, 0.6) is 5.75 Å². The molecule has 1 fully saturated rings. The third kappa shape index (κ3) is 2.39. The van der Waals surface area contributed by atoms with E-state index >= 15 is 0 Å². The van der Waals surface area contributed by atoms with Gasteiger partial charge in [0, 0.05) is 13.2 Å². The maximum Gasteiger partial charge on any atom is 0.256 e. The van der Waals surface area contributed by atoms with Crippen molar-refractivity contribution in [3.05, 3.63) is 23.8 Å². The number of fused-ring (bicyclic) bond motifs is 1. The molecule has 5 nitrogen and oxygen atoms in total. The van der Waals surface area contributed by atoms with Gasteiger partial charge in [-0.25, -0.2) is 0 Å². The predicted octanol–water partition coefficient (Wildman–Crippen LogP) is 1.44. The van der Waals surface area contributed by atoms with E-state index in [0.717, 1.165) is 29.8 Å². The second-order valence-corrected chi connectivity index (χ2v) is 5.39. The van der Waals surface area contributed by atoms with Gasteiger partial charge in [0.15, 0.2) is 0 Å². The fourth-order valence-corrected chi connectivity index (χ4v) is 2.77. The zero-order valence-electron chi connectivity index (χ0n) is 11.7. The predicted molar refractivity (Wildman–Crippen MR) is 75.8 cm³/mol. The van der Waals surface area contributed by atoms with Crippen LogP contribution in [-0.4, -0.2) is 31.3 Å². The molecule has 2 aliphatic heterocycles. The monoisotopic (exact) mass is 276 g/mol. The average Bonchev–Trinajstić information content (AvgIpc) is 2.99. The molecule has 20 heavy (non-hydrogen) atoms. The van der Waals surface area contributed by atoms with Crippen molar-refractivity contribution in [3.8, 4) is 5.75 Å². The van der Waals surface area contributed by atoms with Crippen LogP contribution in [-0.2, 0) is 16.1 Å². The Morgan fingerprint density at radius 1 is 1.50 bits per heavy atom. The van der Waals surface area contributed by atoms with Crippen LogP contribution in [0.15, 0.2) is 18.2 Å². The van der Waals surface area contributed by atoms with Crippen LogP contribution in [0.25, 0.3) is 0 Å². The van der Waals surface area contributed by atoms with E-state index in [1.54, 1.807) is 4.90 Å². The van der Waals surface area contributed by atoms with Crippen molar-refractivity contribution in [2.45, 2.75) is 38.5 Å². The van der Waals surface area contributed by atoms with E-state index in [9.17, 15) is 4.79 Å². The summed E-state index contributed by atoms with van der Waals surface area (Å²) in [5.74, 6) is 0.775. The Labute approximate surface area is 118 Å². The van der Waals surface area contributed by atoms with Crippen molar-refractivity contribution in [2.24, 2.45) is 5.73 Å². The molecule has 0 saturated carbocycles. The van der Waals surface area contributed by atoms with Crippen LogP contribution in [0.4, 0.5) is 5.69 Å². The second kappa shape index (κ2) is 5.42. The first kappa shape index (κ1) is 13.4. The summed E-state index contributed by atoms with van der Waals surface area (Å²) < 4.78 is 11.3. The fourth-order valence-electron chi connectivity index (χ4n) is 2.77. The van der Waals surface area contributed by atoms with Gasteiger partial charge in [0.25, 0.3) is 5.91 Å². The van der Waals surface area contributed by atoms with Gasteiger partial charge in [-0.2, -0.15) is 0 Å². The summed E-state index contributed by atoms with van der Waals surface area (Å²) in [5, 5.41) is 0. The van der Waals surface area contributed by atoms with Crippen LogP contribution >= 0.6 is 0 Å². The molecule has 0 aromatic heterocycles. The fraction of sp³-hybridized carbons (Fsp3) is 0.533. The SMILES string of the molecule is CC1CN(C(=O)C2CCCO2)c2ccc(CN)cc2O1. The number of nitrogens with two attached hydrogens (primary N) is 1. The zero-order valence-corrected chi connectivity index (χ0v) is 11.7. The Morgan fingerprint density at radius 3 is 3.05 bits per heavy atom. The molecule has 1 amide bonds. The first-order valence-corrected chi connectivity index (χ1v) is 7.11. The van der Waals surface area contributed by atoms with E-state index in [-0.39, 0.29) is 18.1 Å². The van der Waals surface area contributed by atoms with E-state index in [2.05, 4.69) is 0 Å². The van der Waals surface area contributed by atoms with Gasteiger partial charge in [-0.15, -0.1) is 0 Å². The van der Waals surface area contributed by atoms with Crippen LogP contribution in [0.2, 0.25) is 0 Å². The molecule has 108 valence electrons. The van der Waals surface area contributed by atoms with Crippen LogP contribution in [0.3, 0.4) is 0 Å². The standard InChI is InChI=1S/C15H20N2O3/c1-10-9-17(15(18)13-3-2-6-19-13)12-5-4-11(8-16)7-14(12)20-10/h4-5,7,10,13H,2-3,6,8-9,16H2,1H3. The summed E-state index contributed by atoms with van der Waals surface area (Å²) in [5.41, 5.74) is 7.48. The summed E-state index contributed by atoms with van der Waals surface area (Å²) in [6.07, 6.45) is 1.43. The van der Waals surface area contributed by atoms with Gasteiger partial charge in [-0.3, -0.25) is 4.79 Å². The van der Waals surface area contributed by atoms with Crippen molar-refractivity contribution >= 4 is 11.6 Å². The highest BCUT2D eigenvalue weighted by molar-refractivity contribution is 5.98. The number of carbonyl (C=O) groups is 1. The van der Waals surface area contributed by atoms with Gasteiger partial charge in [0.2, 0.25) is 0 Å². The Balaban J connectivity index is 1.91. The maximum atomic E-state index is 12.6. The van der Waals surface area contributed by atoms with Crippen molar-refractivity contribution in [2.75, 3.05) is 18.1 Å². The first-order valence-electron chi connectivity index (χ1n) is 7.11. The molecule has 5 heteroatoms. The largest absolute Gasteiger partial charge is 0.487 e. The number of ether oxygens (including phenoxy) is 2. The van der Waals surface area contributed by atoms with Crippen molar-refractivity contribution in [1.29, 1.82) is 0 Å². The minimum Gasteiger partial charge on any atom is -0.487 e. The van der Waals surface area contributed by atoms with Gasteiger partial charge in [-0.1, -0.05) is 6.07 Å². The lowest BCUT2D eigenvalue weighted by molar-refractivity contribution is -0.127. The third-order valence-electron chi connectivity index (χ3n) is 3.79. The Bertz CT molecular complexity index is 512. The smallest absolute Gasteiger partial charge is 0.256 e. The summed E-state index contributed by atoms with van der Waals surface area (Å²) >= 11 is 0. The minimum atomic E-state index is -0.303. The number of hydrogen-bond donors (Lipinski definition) is 1. The van der Waals surface area contributed by atoms with Gasteiger partial charge in [-0.05, 0) is 37.5 Å². The molecule has 0 radical (unpaired) electrons. The van der Waals surface area contributed by atoms with Crippen molar-refractivity contribution < 1.29 is 14.3 Å². The molecule has 3 rings (SSSR count). The highest BCUT2D eigenvalue weighted by Crippen LogP contribution is 2.35. The Morgan fingerprint density at radius 2 is 2.35 bits per heavy atom. The van der Waals surface area contributed by atoms with E-state index in [0.29, 0.717) is 19.7 Å². The molecule has 2 aliphatic rings. The lowest BCUT2D eigenvalue weighted by Crippen LogP contribution is -2.46. The highest BCUT2D eigenvalue weighted by atomic mass is 16.5. The van der Waals surface area contributed by atoms with E-state index in [1.807, 2.05) is 25.1 Å². The number of benzene rings is 1. The molecule has 2 atom stereocenters. The molecule has 0 spiro atoms. The molecule has 2 heterocycles. The van der Waals surface area contributed by atoms with Crippen molar-refractivity contribution in [1.82, 2.24) is 0 Å². The van der Waals surface area contributed by atoms with Gasteiger partial charge >= 0.3 is 0 Å². The zero-order chi connectivity index (χ0) is 14.1. The molecule has 1 aromatic rings. The molecule has 0 bridgehead atoms. The van der Waals surface area contributed by atoms with Crippen LogP contribution < -0.4 is 15.4 Å². The second-order valence-electron chi connectivity index (χ2n) is 5.39. The van der Waals surface area contributed by atoms with E-state index in [1.165, 1.54) is 0 Å². The van der Waals surface area contributed by atoms with Gasteiger partial charge in [0.1, 0.15) is 18.0 Å². The average molecular weight is 276 g/mol. The minimum absolute atomic E-state index is 0.0270. The molecule has 2 unspecified atom stereocenters. The van der Waals surface area contributed by atoms with Gasteiger partial charge in [0.05, 0.1) is 12.2 Å². The number of rotatable bonds is 2. The molecule has 1 saturated heterocycles. The topological polar surface area (TPSA) is 64.8 Å². The summed E-state index contributed by atoms with van der Waals surface area (Å²) in [4.78, 5) is 14.4.